The largest absolute Gasteiger partial charge is 0.478 e. The molecule has 1 aliphatic rings. The Morgan fingerprint density at radius 2 is 1.70 bits per heavy atom. The molecule has 0 saturated carbocycles. The van der Waals surface area contributed by atoms with Gasteiger partial charge in [-0.1, -0.05) is 12.1 Å². The highest BCUT2D eigenvalue weighted by atomic mass is 16.4. The van der Waals surface area contributed by atoms with Gasteiger partial charge in [0, 0.05) is 30.5 Å². The van der Waals surface area contributed by atoms with E-state index in [4.69, 9.17) is 11.5 Å². The lowest BCUT2D eigenvalue weighted by Gasteiger charge is -2.20. The first-order valence-electron chi connectivity index (χ1n) is 9.19. The molecule has 9 heteroatoms. The first-order chi connectivity index (χ1) is 14.3. The second kappa shape index (κ2) is 7.36. The summed E-state index contributed by atoms with van der Waals surface area (Å²) in [5.41, 5.74) is 15.5. The summed E-state index contributed by atoms with van der Waals surface area (Å²) in [5.74, 6) is -2.05. The van der Waals surface area contributed by atoms with E-state index in [0.29, 0.717) is 17.9 Å². The lowest BCUT2D eigenvalue weighted by atomic mass is 9.97. The molecule has 1 aromatic heterocycles. The predicted molar refractivity (Wildman–Crippen MR) is 111 cm³/mol. The number of hydrogen-bond donors (Lipinski definition) is 4. The Kier molecular flexibility index (Phi) is 4.71. The van der Waals surface area contributed by atoms with Gasteiger partial charge in [0.1, 0.15) is 5.82 Å². The molecule has 6 N–H and O–H groups in total. The van der Waals surface area contributed by atoms with Crippen LogP contribution >= 0.6 is 0 Å². The third-order valence-corrected chi connectivity index (χ3v) is 5.16. The predicted octanol–water partition coefficient (Wildman–Crippen LogP) is 2.27. The van der Waals surface area contributed by atoms with Crippen LogP contribution in [0, 0.1) is 0 Å². The standard InChI is InChI=1S/C21H19N5O4/c22-18-14(9-24-21(23)25-18)10-26-6-5-13-7-11(2-4-17(13)26)12-1-3-15(19(27)28)16(8-12)20(29)30/h1-4,7-9H,5-6,10H2,(H,27,28)(H,29,30)(H4,22,23,24,25). The second-order valence-corrected chi connectivity index (χ2v) is 7.02. The minimum absolute atomic E-state index is 0.136. The number of nitrogen functional groups attached to an aromatic ring is 2. The molecule has 0 fully saturated rings. The molecule has 30 heavy (non-hydrogen) atoms. The molecule has 9 nitrogen and oxygen atoms in total. The number of aromatic nitrogens is 2. The van der Waals surface area contributed by atoms with Crippen molar-refractivity contribution in [3.8, 4) is 11.1 Å². The Morgan fingerprint density at radius 3 is 2.40 bits per heavy atom. The molecule has 152 valence electrons. The van der Waals surface area contributed by atoms with Crippen molar-refractivity contribution in [2.75, 3.05) is 22.9 Å². The fourth-order valence-electron chi connectivity index (χ4n) is 3.66. The van der Waals surface area contributed by atoms with Gasteiger partial charge in [0.15, 0.2) is 0 Å². The number of carbonyl (C=O) groups is 2. The molecule has 0 atom stereocenters. The van der Waals surface area contributed by atoms with Crippen molar-refractivity contribution in [1.82, 2.24) is 9.97 Å². The summed E-state index contributed by atoms with van der Waals surface area (Å²) in [5, 5.41) is 18.6. The molecule has 0 radical (unpaired) electrons. The molecule has 0 amide bonds. The maximum Gasteiger partial charge on any atom is 0.336 e. The summed E-state index contributed by atoms with van der Waals surface area (Å²) in [6.07, 6.45) is 2.44. The number of benzene rings is 2. The van der Waals surface area contributed by atoms with Crippen LogP contribution in [0.15, 0.2) is 42.6 Å². The lowest BCUT2D eigenvalue weighted by Crippen LogP contribution is -2.21. The highest BCUT2D eigenvalue weighted by Crippen LogP contribution is 2.34. The molecular formula is C21H19N5O4. The van der Waals surface area contributed by atoms with Gasteiger partial charge in [-0.3, -0.25) is 0 Å². The minimum Gasteiger partial charge on any atom is -0.478 e. The Labute approximate surface area is 171 Å². The minimum atomic E-state index is -1.27. The lowest BCUT2D eigenvalue weighted by molar-refractivity contribution is 0.0651. The number of nitrogens with zero attached hydrogens (tertiary/aromatic N) is 3. The van der Waals surface area contributed by atoms with Gasteiger partial charge < -0.3 is 26.6 Å². The zero-order chi connectivity index (χ0) is 21.4. The second-order valence-electron chi connectivity index (χ2n) is 7.02. The summed E-state index contributed by atoms with van der Waals surface area (Å²) in [4.78, 5) is 32.9. The Bertz CT molecular complexity index is 1180. The van der Waals surface area contributed by atoms with E-state index in [1.807, 2.05) is 18.2 Å². The summed E-state index contributed by atoms with van der Waals surface area (Å²) in [6, 6.07) is 10.2. The summed E-state index contributed by atoms with van der Waals surface area (Å²) >= 11 is 0. The topological polar surface area (TPSA) is 156 Å². The van der Waals surface area contributed by atoms with Crippen molar-refractivity contribution in [2.45, 2.75) is 13.0 Å². The normalized spacial score (nSPS) is 12.6. The van der Waals surface area contributed by atoms with Gasteiger partial charge in [-0.2, -0.15) is 4.98 Å². The summed E-state index contributed by atoms with van der Waals surface area (Å²) < 4.78 is 0. The van der Waals surface area contributed by atoms with Gasteiger partial charge in [-0.15, -0.1) is 0 Å². The first kappa shape index (κ1) is 19.2. The van der Waals surface area contributed by atoms with E-state index in [1.54, 1.807) is 12.3 Å². The van der Waals surface area contributed by atoms with Crippen LogP contribution in [0.3, 0.4) is 0 Å². The smallest absolute Gasteiger partial charge is 0.336 e. The van der Waals surface area contributed by atoms with E-state index in [9.17, 15) is 19.8 Å². The summed E-state index contributed by atoms with van der Waals surface area (Å²) in [6.45, 7) is 1.34. The number of fused-ring (bicyclic) bond motifs is 1. The number of hydrogen-bond acceptors (Lipinski definition) is 7. The molecule has 4 rings (SSSR count). The van der Waals surface area contributed by atoms with Gasteiger partial charge in [0.2, 0.25) is 5.95 Å². The molecule has 3 aromatic rings. The Morgan fingerprint density at radius 1 is 1.00 bits per heavy atom. The van der Waals surface area contributed by atoms with E-state index in [1.165, 1.54) is 12.1 Å². The van der Waals surface area contributed by atoms with E-state index in [-0.39, 0.29) is 17.1 Å². The number of carboxylic acids is 2. The molecule has 2 aromatic carbocycles. The zero-order valence-electron chi connectivity index (χ0n) is 15.9. The highest BCUT2D eigenvalue weighted by Gasteiger charge is 2.22. The van der Waals surface area contributed by atoms with Gasteiger partial charge in [-0.25, -0.2) is 14.6 Å². The van der Waals surface area contributed by atoms with Gasteiger partial charge in [0.25, 0.3) is 0 Å². The van der Waals surface area contributed by atoms with E-state index >= 15 is 0 Å². The molecular weight excluding hydrogens is 386 g/mol. The van der Waals surface area contributed by atoms with Crippen LogP contribution in [0.4, 0.5) is 17.5 Å². The van der Waals surface area contributed by atoms with Crippen LogP contribution in [0.25, 0.3) is 11.1 Å². The van der Waals surface area contributed by atoms with Crippen LogP contribution < -0.4 is 16.4 Å². The van der Waals surface area contributed by atoms with Crippen molar-refractivity contribution in [3.63, 3.8) is 0 Å². The molecule has 0 saturated heterocycles. The van der Waals surface area contributed by atoms with E-state index in [2.05, 4.69) is 14.9 Å². The number of anilines is 3. The zero-order valence-corrected chi connectivity index (χ0v) is 15.9. The SMILES string of the molecule is Nc1ncc(CN2CCc3cc(-c4ccc(C(=O)O)c(C(=O)O)c4)ccc32)c(N)n1. The van der Waals surface area contributed by atoms with Gasteiger partial charge >= 0.3 is 11.9 Å². The molecule has 0 spiro atoms. The molecule has 0 unspecified atom stereocenters. The van der Waals surface area contributed by atoms with E-state index < -0.39 is 11.9 Å². The molecule has 2 heterocycles. The molecule has 1 aliphatic heterocycles. The highest BCUT2D eigenvalue weighted by molar-refractivity contribution is 6.02. The number of rotatable bonds is 5. The quantitative estimate of drug-likeness (QED) is 0.500. The van der Waals surface area contributed by atoms with E-state index in [0.717, 1.165) is 35.3 Å². The van der Waals surface area contributed by atoms with Gasteiger partial charge in [-0.05, 0) is 47.4 Å². The van der Waals surface area contributed by atoms with Crippen LogP contribution in [-0.4, -0.2) is 38.7 Å². The fraction of sp³-hybridized carbons (Fsp3) is 0.143. The van der Waals surface area contributed by atoms with Crippen LogP contribution in [0.1, 0.15) is 31.8 Å². The van der Waals surface area contributed by atoms with Crippen LogP contribution in [0.2, 0.25) is 0 Å². The van der Waals surface area contributed by atoms with Crippen molar-refractivity contribution < 1.29 is 19.8 Å². The maximum absolute atomic E-state index is 11.5. The Hall–Kier alpha value is -4.14. The van der Waals surface area contributed by atoms with Crippen molar-refractivity contribution in [1.29, 1.82) is 0 Å². The molecule has 0 aliphatic carbocycles. The van der Waals surface area contributed by atoms with Crippen LogP contribution in [-0.2, 0) is 13.0 Å². The fourth-order valence-corrected chi connectivity index (χ4v) is 3.66. The maximum atomic E-state index is 11.5. The average molecular weight is 405 g/mol. The third-order valence-electron chi connectivity index (χ3n) is 5.16. The third kappa shape index (κ3) is 3.48. The van der Waals surface area contributed by atoms with Gasteiger partial charge in [0.05, 0.1) is 11.1 Å². The van der Waals surface area contributed by atoms with Crippen molar-refractivity contribution >= 4 is 29.4 Å². The number of nitrogens with two attached hydrogens (primary N) is 2. The van der Waals surface area contributed by atoms with Crippen LogP contribution in [0.5, 0.6) is 0 Å². The summed E-state index contributed by atoms with van der Waals surface area (Å²) in [7, 11) is 0. The van der Waals surface area contributed by atoms with Crippen molar-refractivity contribution in [2.24, 2.45) is 0 Å². The first-order valence-corrected chi connectivity index (χ1v) is 9.19. The number of carboxylic acid groups (broad SMARTS) is 2. The molecule has 0 bridgehead atoms. The Balaban J connectivity index is 1.63. The monoisotopic (exact) mass is 405 g/mol. The average Bonchev–Trinajstić information content (AvgIpc) is 3.11. The van der Waals surface area contributed by atoms with Crippen molar-refractivity contribution in [3.05, 3.63) is 64.8 Å². The number of aromatic carboxylic acids is 2.